The number of hydrogen-bond donors (Lipinski definition) is 0. The minimum Gasteiger partial charge on any atom is -0.373 e. The van der Waals surface area contributed by atoms with Crippen LogP contribution in [0.4, 0.5) is 5.69 Å². The Balaban J connectivity index is 1.56. The number of anilines is 1. The molecule has 0 radical (unpaired) electrons. The van der Waals surface area contributed by atoms with Gasteiger partial charge in [-0.2, -0.15) is 4.98 Å². The third-order valence-corrected chi connectivity index (χ3v) is 4.80. The third kappa shape index (κ3) is 2.50. The lowest BCUT2D eigenvalue weighted by molar-refractivity contribution is 0.172. The van der Waals surface area contributed by atoms with E-state index < -0.39 is 0 Å². The third-order valence-electron chi connectivity index (χ3n) is 4.80. The molecule has 1 fully saturated rings. The Hall–Kier alpha value is -1.88. The average molecular weight is 298 g/mol. The van der Waals surface area contributed by atoms with Crippen LogP contribution in [0.25, 0.3) is 0 Å². The Morgan fingerprint density at radius 3 is 2.86 bits per heavy atom. The monoisotopic (exact) mass is 298 g/mol. The number of hydrogen-bond acceptors (Lipinski definition) is 5. The quantitative estimate of drug-likeness (QED) is 0.871. The second-order valence-electron chi connectivity index (χ2n) is 6.46. The van der Waals surface area contributed by atoms with Gasteiger partial charge in [-0.1, -0.05) is 23.4 Å². The molecule has 1 saturated carbocycles. The molecule has 0 unspecified atom stereocenters. The summed E-state index contributed by atoms with van der Waals surface area (Å²) >= 11 is 0. The first-order chi connectivity index (χ1) is 10.7. The zero-order chi connectivity index (χ0) is 15.1. The normalized spacial score (nSPS) is 20.5. The second kappa shape index (κ2) is 5.39. The average Bonchev–Trinajstić information content (AvgIpc) is 3.30. The summed E-state index contributed by atoms with van der Waals surface area (Å²) < 4.78 is 5.52. The van der Waals surface area contributed by atoms with Crippen LogP contribution in [0.5, 0.6) is 0 Å². The van der Waals surface area contributed by atoms with Crippen molar-refractivity contribution in [3.05, 3.63) is 41.5 Å². The van der Waals surface area contributed by atoms with E-state index in [1.54, 1.807) is 0 Å². The Kier molecular flexibility index (Phi) is 3.37. The molecule has 0 N–H and O–H groups in total. The molecule has 22 heavy (non-hydrogen) atoms. The van der Waals surface area contributed by atoms with Gasteiger partial charge < -0.3 is 9.42 Å². The molecule has 1 aliphatic heterocycles. The number of benzene rings is 1. The van der Waals surface area contributed by atoms with Gasteiger partial charge in [0.05, 0.1) is 6.04 Å². The molecule has 5 heteroatoms. The molecule has 1 aromatic carbocycles. The van der Waals surface area contributed by atoms with Gasteiger partial charge in [-0.3, -0.25) is 4.90 Å². The molecule has 2 aliphatic rings. The lowest BCUT2D eigenvalue weighted by Crippen LogP contribution is -2.31. The molecule has 4 rings (SSSR count). The summed E-state index contributed by atoms with van der Waals surface area (Å²) in [6.45, 7) is 5.08. The summed E-state index contributed by atoms with van der Waals surface area (Å²) in [6.07, 6.45) is 2.41. The van der Waals surface area contributed by atoms with Crippen LogP contribution in [0.1, 0.15) is 49.0 Å². The molecule has 0 bridgehead atoms. The van der Waals surface area contributed by atoms with E-state index in [1.807, 2.05) is 0 Å². The molecular formula is C17H22N4O. The summed E-state index contributed by atoms with van der Waals surface area (Å²) in [4.78, 5) is 9.37. The van der Waals surface area contributed by atoms with Gasteiger partial charge in [-0.05, 0) is 31.4 Å². The van der Waals surface area contributed by atoms with Gasteiger partial charge in [0.1, 0.15) is 0 Å². The van der Waals surface area contributed by atoms with Gasteiger partial charge in [0.15, 0.2) is 5.82 Å². The van der Waals surface area contributed by atoms with Crippen LogP contribution in [0.3, 0.4) is 0 Å². The van der Waals surface area contributed by atoms with Crippen molar-refractivity contribution >= 4 is 5.69 Å². The number of fused-ring (bicyclic) bond motifs is 1. The molecule has 2 aromatic rings. The minimum atomic E-state index is 0.152. The van der Waals surface area contributed by atoms with E-state index >= 15 is 0 Å². The molecule has 0 saturated heterocycles. The summed E-state index contributed by atoms with van der Waals surface area (Å²) in [7, 11) is 2.16. The van der Waals surface area contributed by atoms with Crippen molar-refractivity contribution in [3.63, 3.8) is 0 Å². The van der Waals surface area contributed by atoms with E-state index in [4.69, 9.17) is 4.52 Å². The summed E-state index contributed by atoms with van der Waals surface area (Å²) in [5.41, 5.74) is 2.68. The fraction of sp³-hybridized carbons (Fsp3) is 0.529. The molecule has 1 atom stereocenters. The maximum atomic E-state index is 5.52. The molecule has 1 aromatic heterocycles. The largest absolute Gasteiger partial charge is 0.373 e. The smallest absolute Gasteiger partial charge is 0.243 e. The van der Waals surface area contributed by atoms with Crippen LogP contribution in [-0.4, -0.2) is 35.2 Å². The van der Waals surface area contributed by atoms with E-state index in [0.717, 1.165) is 31.3 Å². The highest BCUT2D eigenvalue weighted by Gasteiger charge is 2.31. The van der Waals surface area contributed by atoms with Gasteiger partial charge in [-0.25, -0.2) is 0 Å². The first-order valence-electron chi connectivity index (χ1n) is 8.09. The van der Waals surface area contributed by atoms with E-state index in [0.29, 0.717) is 5.92 Å². The highest BCUT2D eigenvalue weighted by molar-refractivity contribution is 5.53. The standard InChI is InChI=1S/C17H22N4O/c1-12(17-18-16(19-22-17)13-7-8-13)21-10-9-20(2)15-6-4-3-5-14(15)11-21/h3-6,12-13H,7-11H2,1-2H3/t12-/m1/s1. The minimum absolute atomic E-state index is 0.152. The molecular weight excluding hydrogens is 276 g/mol. The van der Waals surface area contributed by atoms with Crippen LogP contribution in [0.2, 0.25) is 0 Å². The maximum Gasteiger partial charge on any atom is 0.243 e. The topological polar surface area (TPSA) is 45.4 Å². The van der Waals surface area contributed by atoms with Crippen LogP contribution in [-0.2, 0) is 6.54 Å². The van der Waals surface area contributed by atoms with Crippen molar-refractivity contribution in [2.24, 2.45) is 0 Å². The lowest BCUT2D eigenvalue weighted by atomic mass is 10.1. The van der Waals surface area contributed by atoms with Gasteiger partial charge in [0.2, 0.25) is 5.89 Å². The second-order valence-corrected chi connectivity index (χ2v) is 6.46. The molecule has 5 nitrogen and oxygen atoms in total. The van der Waals surface area contributed by atoms with Crippen LogP contribution < -0.4 is 4.90 Å². The van der Waals surface area contributed by atoms with Crippen molar-refractivity contribution in [1.29, 1.82) is 0 Å². The van der Waals surface area contributed by atoms with Crippen LogP contribution >= 0.6 is 0 Å². The molecule has 2 heterocycles. The van der Waals surface area contributed by atoms with E-state index in [1.165, 1.54) is 24.1 Å². The first-order valence-corrected chi connectivity index (χ1v) is 8.09. The van der Waals surface area contributed by atoms with Gasteiger partial charge >= 0.3 is 0 Å². The first kappa shape index (κ1) is 13.8. The molecule has 116 valence electrons. The SMILES string of the molecule is C[C@H](c1nc(C2CC2)no1)N1CCN(C)c2ccccc2C1. The predicted octanol–water partition coefficient (Wildman–Crippen LogP) is 2.96. The Morgan fingerprint density at radius 1 is 1.23 bits per heavy atom. The fourth-order valence-electron chi connectivity index (χ4n) is 3.12. The summed E-state index contributed by atoms with van der Waals surface area (Å²) in [6, 6.07) is 8.77. The Morgan fingerprint density at radius 2 is 2.05 bits per heavy atom. The van der Waals surface area contributed by atoms with E-state index in [9.17, 15) is 0 Å². The Bertz CT molecular complexity index is 664. The van der Waals surface area contributed by atoms with Crippen LogP contribution in [0.15, 0.2) is 28.8 Å². The van der Waals surface area contributed by atoms with Gasteiger partial charge in [0.25, 0.3) is 0 Å². The summed E-state index contributed by atoms with van der Waals surface area (Å²) in [5.74, 6) is 2.19. The van der Waals surface area contributed by atoms with Crippen molar-refractivity contribution in [1.82, 2.24) is 15.0 Å². The maximum absolute atomic E-state index is 5.52. The zero-order valence-corrected chi connectivity index (χ0v) is 13.2. The lowest BCUT2D eigenvalue weighted by Gasteiger charge is -2.24. The number of para-hydroxylation sites is 1. The fourth-order valence-corrected chi connectivity index (χ4v) is 3.12. The number of rotatable bonds is 3. The van der Waals surface area contributed by atoms with Crippen LogP contribution in [0, 0.1) is 0 Å². The van der Waals surface area contributed by atoms with Crippen molar-refractivity contribution in [3.8, 4) is 0 Å². The number of aromatic nitrogens is 2. The van der Waals surface area contributed by atoms with Gasteiger partial charge in [0, 0.05) is 38.3 Å². The highest BCUT2D eigenvalue weighted by atomic mass is 16.5. The van der Waals surface area contributed by atoms with Crippen molar-refractivity contribution in [2.75, 3.05) is 25.0 Å². The van der Waals surface area contributed by atoms with Crippen molar-refractivity contribution < 1.29 is 4.52 Å². The highest BCUT2D eigenvalue weighted by Crippen LogP contribution is 2.39. The predicted molar refractivity (Wildman–Crippen MR) is 84.8 cm³/mol. The molecule has 1 aliphatic carbocycles. The zero-order valence-electron chi connectivity index (χ0n) is 13.2. The number of nitrogens with zero attached hydrogens (tertiary/aromatic N) is 4. The van der Waals surface area contributed by atoms with E-state index in [-0.39, 0.29) is 6.04 Å². The number of likely N-dealkylation sites (N-methyl/N-ethyl adjacent to an activating group) is 1. The van der Waals surface area contributed by atoms with Crippen molar-refractivity contribution in [2.45, 2.75) is 38.3 Å². The summed E-state index contributed by atoms with van der Waals surface area (Å²) in [5, 5.41) is 4.15. The molecule has 0 spiro atoms. The molecule has 0 amide bonds. The van der Waals surface area contributed by atoms with E-state index in [2.05, 4.69) is 58.2 Å². The van der Waals surface area contributed by atoms with Gasteiger partial charge in [-0.15, -0.1) is 0 Å². The Labute approximate surface area is 130 Å².